The molecule has 0 aliphatic heterocycles. The van der Waals surface area contributed by atoms with Crippen LogP contribution in [0.1, 0.15) is 56.2 Å². The van der Waals surface area contributed by atoms with E-state index in [1.807, 2.05) is 6.07 Å². The second-order valence-electron chi connectivity index (χ2n) is 6.55. The summed E-state index contributed by atoms with van der Waals surface area (Å²) in [6, 6.07) is 5.24. The normalized spacial score (nSPS) is 15.6. The number of hydrogen-bond donors (Lipinski definition) is 1. The first-order valence-corrected chi connectivity index (χ1v) is 7.70. The zero-order chi connectivity index (χ0) is 15.2. The number of aryl methyl sites for hydroxylation is 1. The Bertz CT molecular complexity index is 696. The van der Waals surface area contributed by atoms with Crippen molar-refractivity contribution in [1.82, 2.24) is 9.55 Å². The standard InChI is InChI=1S/C17H22N2O2/c1-4-5-15-18-13-9-6-11(16(20)21)10-14(13)19(15)17(2,3)12-7-8-12/h6,9-10,12H,4-5,7-8H2,1-3H3,(H,20,21). The van der Waals surface area contributed by atoms with Crippen molar-refractivity contribution < 1.29 is 9.90 Å². The van der Waals surface area contributed by atoms with Crippen molar-refractivity contribution in [2.75, 3.05) is 0 Å². The summed E-state index contributed by atoms with van der Waals surface area (Å²) in [6.45, 7) is 6.65. The lowest BCUT2D eigenvalue weighted by atomic mass is 9.97. The number of fused-ring (bicyclic) bond motifs is 1. The molecular weight excluding hydrogens is 264 g/mol. The van der Waals surface area contributed by atoms with Gasteiger partial charge in [-0.25, -0.2) is 9.78 Å². The van der Waals surface area contributed by atoms with Gasteiger partial charge in [0.25, 0.3) is 0 Å². The van der Waals surface area contributed by atoms with E-state index in [0.717, 1.165) is 29.7 Å². The minimum atomic E-state index is -0.883. The maximum Gasteiger partial charge on any atom is 0.335 e. The number of nitrogens with zero attached hydrogens (tertiary/aromatic N) is 2. The first-order chi connectivity index (χ1) is 9.95. The van der Waals surface area contributed by atoms with Crippen molar-refractivity contribution in [3.05, 3.63) is 29.6 Å². The number of aromatic nitrogens is 2. The third kappa shape index (κ3) is 2.33. The molecule has 1 aliphatic rings. The van der Waals surface area contributed by atoms with Crippen LogP contribution in [-0.2, 0) is 12.0 Å². The number of rotatable bonds is 5. The van der Waals surface area contributed by atoms with Crippen LogP contribution in [0.5, 0.6) is 0 Å². The molecule has 1 N–H and O–H groups in total. The third-order valence-electron chi connectivity index (χ3n) is 4.60. The molecule has 0 radical (unpaired) electrons. The minimum Gasteiger partial charge on any atom is -0.478 e. The number of hydrogen-bond acceptors (Lipinski definition) is 2. The van der Waals surface area contributed by atoms with Gasteiger partial charge in [-0.1, -0.05) is 6.92 Å². The van der Waals surface area contributed by atoms with Gasteiger partial charge >= 0.3 is 5.97 Å². The van der Waals surface area contributed by atoms with E-state index in [1.54, 1.807) is 12.1 Å². The van der Waals surface area contributed by atoms with Crippen molar-refractivity contribution in [3.8, 4) is 0 Å². The average Bonchev–Trinajstić information content (AvgIpc) is 3.20. The minimum absolute atomic E-state index is 0.00359. The van der Waals surface area contributed by atoms with E-state index in [0.29, 0.717) is 11.5 Å². The van der Waals surface area contributed by atoms with Crippen molar-refractivity contribution in [1.29, 1.82) is 0 Å². The predicted molar refractivity (Wildman–Crippen MR) is 82.7 cm³/mol. The maximum atomic E-state index is 11.3. The molecule has 112 valence electrons. The molecule has 1 aliphatic carbocycles. The number of aromatic carboxylic acids is 1. The van der Waals surface area contributed by atoms with E-state index in [4.69, 9.17) is 4.98 Å². The van der Waals surface area contributed by atoms with Gasteiger partial charge < -0.3 is 9.67 Å². The molecule has 0 bridgehead atoms. The summed E-state index contributed by atoms with van der Waals surface area (Å²) in [4.78, 5) is 16.0. The zero-order valence-corrected chi connectivity index (χ0v) is 12.9. The lowest BCUT2D eigenvalue weighted by molar-refractivity contribution is 0.0697. The molecule has 0 saturated heterocycles. The molecule has 1 fully saturated rings. The summed E-state index contributed by atoms with van der Waals surface area (Å²) in [6.07, 6.45) is 4.46. The Morgan fingerprint density at radius 2 is 2.14 bits per heavy atom. The smallest absolute Gasteiger partial charge is 0.335 e. The average molecular weight is 286 g/mol. The van der Waals surface area contributed by atoms with E-state index in [-0.39, 0.29) is 5.54 Å². The van der Waals surface area contributed by atoms with Crippen molar-refractivity contribution in [2.24, 2.45) is 5.92 Å². The largest absolute Gasteiger partial charge is 0.478 e. The fourth-order valence-electron chi connectivity index (χ4n) is 3.26. The molecule has 2 aromatic rings. The Morgan fingerprint density at radius 1 is 1.43 bits per heavy atom. The van der Waals surface area contributed by atoms with Crippen LogP contribution in [0, 0.1) is 5.92 Å². The molecule has 4 nitrogen and oxygen atoms in total. The van der Waals surface area contributed by atoms with Crippen molar-refractivity contribution >= 4 is 17.0 Å². The SMILES string of the molecule is CCCc1nc2ccc(C(=O)O)cc2n1C(C)(C)C1CC1. The first kappa shape index (κ1) is 14.1. The summed E-state index contributed by atoms with van der Waals surface area (Å²) in [5.41, 5.74) is 2.18. The highest BCUT2D eigenvalue weighted by atomic mass is 16.4. The Labute approximate surface area is 124 Å². The Morgan fingerprint density at radius 3 is 2.71 bits per heavy atom. The molecule has 0 unspecified atom stereocenters. The van der Waals surface area contributed by atoms with Crippen LogP contribution in [0.25, 0.3) is 11.0 Å². The number of benzene rings is 1. The van der Waals surface area contributed by atoms with Gasteiger partial charge in [0.05, 0.1) is 16.6 Å². The van der Waals surface area contributed by atoms with Gasteiger partial charge in [-0.2, -0.15) is 0 Å². The molecule has 1 aromatic heterocycles. The highest BCUT2D eigenvalue weighted by molar-refractivity contribution is 5.92. The van der Waals surface area contributed by atoms with Crippen LogP contribution in [0.15, 0.2) is 18.2 Å². The molecule has 0 atom stereocenters. The number of carbonyl (C=O) groups is 1. The maximum absolute atomic E-state index is 11.3. The molecule has 0 amide bonds. The molecular formula is C17H22N2O2. The van der Waals surface area contributed by atoms with Crippen LogP contribution in [-0.4, -0.2) is 20.6 Å². The Hall–Kier alpha value is -1.84. The van der Waals surface area contributed by atoms with Gasteiger partial charge in [0.2, 0.25) is 0 Å². The molecule has 1 aromatic carbocycles. The van der Waals surface area contributed by atoms with E-state index in [1.165, 1.54) is 12.8 Å². The molecule has 21 heavy (non-hydrogen) atoms. The lowest BCUT2D eigenvalue weighted by Gasteiger charge is -2.29. The van der Waals surface area contributed by atoms with Crippen LogP contribution in [0.2, 0.25) is 0 Å². The van der Waals surface area contributed by atoms with Crippen LogP contribution in [0.4, 0.5) is 0 Å². The molecule has 1 saturated carbocycles. The van der Waals surface area contributed by atoms with Gasteiger partial charge in [-0.05, 0) is 57.2 Å². The van der Waals surface area contributed by atoms with E-state index in [2.05, 4.69) is 25.3 Å². The van der Waals surface area contributed by atoms with Gasteiger partial charge in [-0.15, -0.1) is 0 Å². The predicted octanol–water partition coefficient (Wildman–Crippen LogP) is 3.83. The number of carboxylic acid groups (broad SMARTS) is 1. The highest BCUT2D eigenvalue weighted by Crippen LogP contribution is 2.45. The summed E-state index contributed by atoms with van der Waals surface area (Å²) in [7, 11) is 0. The van der Waals surface area contributed by atoms with Crippen molar-refractivity contribution in [3.63, 3.8) is 0 Å². The molecule has 0 spiro atoms. The van der Waals surface area contributed by atoms with Crippen LogP contribution >= 0.6 is 0 Å². The quantitative estimate of drug-likeness (QED) is 0.908. The van der Waals surface area contributed by atoms with Gasteiger partial charge in [0.1, 0.15) is 5.82 Å². The van der Waals surface area contributed by atoms with E-state index < -0.39 is 5.97 Å². The summed E-state index contributed by atoms with van der Waals surface area (Å²) >= 11 is 0. The second-order valence-corrected chi connectivity index (χ2v) is 6.55. The summed E-state index contributed by atoms with van der Waals surface area (Å²) in [5.74, 6) is 0.858. The van der Waals surface area contributed by atoms with Crippen molar-refractivity contribution in [2.45, 2.75) is 52.0 Å². The van der Waals surface area contributed by atoms with E-state index >= 15 is 0 Å². The van der Waals surface area contributed by atoms with Crippen LogP contribution < -0.4 is 0 Å². The molecule has 3 rings (SSSR count). The van der Waals surface area contributed by atoms with E-state index in [9.17, 15) is 9.90 Å². The molecule has 4 heteroatoms. The lowest BCUT2D eigenvalue weighted by Crippen LogP contribution is -2.30. The van der Waals surface area contributed by atoms with Gasteiger partial charge in [0.15, 0.2) is 0 Å². The van der Waals surface area contributed by atoms with Gasteiger partial charge in [-0.3, -0.25) is 0 Å². The molecule has 1 heterocycles. The first-order valence-electron chi connectivity index (χ1n) is 7.70. The summed E-state index contributed by atoms with van der Waals surface area (Å²) < 4.78 is 2.29. The zero-order valence-electron chi connectivity index (χ0n) is 12.9. The fourth-order valence-corrected chi connectivity index (χ4v) is 3.26. The second kappa shape index (κ2) is 4.86. The highest BCUT2D eigenvalue weighted by Gasteiger charge is 2.41. The third-order valence-corrected chi connectivity index (χ3v) is 4.60. The topological polar surface area (TPSA) is 55.1 Å². The van der Waals surface area contributed by atoms with Crippen LogP contribution in [0.3, 0.4) is 0 Å². The van der Waals surface area contributed by atoms with Gasteiger partial charge in [0, 0.05) is 12.0 Å². The Balaban J connectivity index is 2.23. The monoisotopic (exact) mass is 286 g/mol. The number of imidazole rings is 1. The fraction of sp³-hybridized carbons (Fsp3) is 0.529. The number of carboxylic acids is 1. The Kier molecular flexibility index (Phi) is 3.27. The summed E-state index contributed by atoms with van der Waals surface area (Å²) in [5, 5.41) is 9.24.